The molecule has 0 aromatic carbocycles. The summed E-state index contributed by atoms with van der Waals surface area (Å²) >= 11 is 0. The van der Waals surface area contributed by atoms with Gasteiger partial charge in [-0.1, -0.05) is 6.07 Å². The van der Waals surface area contributed by atoms with Crippen molar-refractivity contribution in [2.75, 3.05) is 44.2 Å². The van der Waals surface area contributed by atoms with E-state index in [2.05, 4.69) is 20.1 Å². The molecule has 3 N–H and O–H groups in total. The molecule has 0 unspecified atom stereocenters. The SMILES string of the molecule is NC(=O)c1cccc(N2CC(N3CCNCC3)C2)n1. The summed E-state index contributed by atoms with van der Waals surface area (Å²) in [6.07, 6.45) is 0. The zero-order valence-electron chi connectivity index (χ0n) is 10.9. The molecule has 0 aliphatic carbocycles. The summed E-state index contributed by atoms with van der Waals surface area (Å²) in [5, 5.41) is 3.36. The Hall–Kier alpha value is -1.66. The second-order valence-corrected chi connectivity index (χ2v) is 5.09. The van der Waals surface area contributed by atoms with Gasteiger partial charge in [-0.3, -0.25) is 9.69 Å². The average Bonchev–Trinajstić information content (AvgIpc) is 2.39. The van der Waals surface area contributed by atoms with Gasteiger partial charge in [0.15, 0.2) is 0 Å². The highest BCUT2D eigenvalue weighted by atomic mass is 16.1. The summed E-state index contributed by atoms with van der Waals surface area (Å²) < 4.78 is 0. The Morgan fingerprint density at radius 2 is 2.05 bits per heavy atom. The van der Waals surface area contributed by atoms with E-state index in [0.717, 1.165) is 45.1 Å². The molecule has 1 aromatic heterocycles. The molecule has 0 bridgehead atoms. The van der Waals surface area contributed by atoms with Gasteiger partial charge in [0.25, 0.3) is 5.91 Å². The maximum absolute atomic E-state index is 11.1. The Morgan fingerprint density at radius 3 is 2.74 bits per heavy atom. The maximum Gasteiger partial charge on any atom is 0.267 e. The molecular weight excluding hydrogens is 242 g/mol. The van der Waals surface area contributed by atoms with E-state index in [-0.39, 0.29) is 0 Å². The molecule has 6 nitrogen and oxygen atoms in total. The van der Waals surface area contributed by atoms with E-state index in [0.29, 0.717) is 11.7 Å². The number of carbonyl (C=O) groups excluding carboxylic acids is 1. The third kappa shape index (κ3) is 2.54. The number of amides is 1. The Labute approximate surface area is 112 Å². The number of hydrogen-bond acceptors (Lipinski definition) is 5. The quantitative estimate of drug-likeness (QED) is 0.751. The Morgan fingerprint density at radius 1 is 1.32 bits per heavy atom. The van der Waals surface area contributed by atoms with Crippen LogP contribution in [0.2, 0.25) is 0 Å². The fourth-order valence-corrected chi connectivity index (χ4v) is 2.66. The highest BCUT2D eigenvalue weighted by Gasteiger charge is 2.33. The molecular formula is C13H19N5O. The summed E-state index contributed by atoms with van der Waals surface area (Å²) in [5.74, 6) is 0.378. The van der Waals surface area contributed by atoms with Gasteiger partial charge < -0.3 is 16.0 Å². The molecule has 1 amide bonds. The molecule has 2 aliphatic rings. The smallest absolute Gasteiger partial charge is 0.267 e. The predicted octanol–water partition coefficient (Wildman–Crippen LogP) is -0.726. The summed E-state index contributed by atoms with van der Waals surface area (Å²) in [7, 11) is 0. The van der Waals surface area contributed by atoms with Crippen molar-refractivity contribution in [2.24, 2.45) is 5.73 Å². The van der Waals surface area contributed by atoms with Crippen LogP contribution >= 0.6 is 0 Å². The Kier molecular flexibility index (Phi) is 3.35. The first-order valence-corrected chi connectivity index (χ1v) is 6.70. The normalized spacial score (nSPS) is 21.2. The molecule has 0 saturated carbocycles. The van der Waals surface area contributed by atoms with Gasteiger partial charge in [0.1, 0.15) is 11.5 Å². The minimum absolute atomic E-state index is 0.336. The summed E-state index contributed by atoms with van der Waals surface area (Å²) in [6, 6.07) is 6.03. The van der Waals surface area contributed by atoms with Crippen LogP contribution in [0, 0.1) is 0 Å². The van der Waals surface area contributed by atoms with Crippen LogP contribution in [0.5, 0.6) is 0 Å². The second kappa shape index (κ2) is 5.14. The van der Waals surface area contributed by atoms with Gasteiger partial charge in [-0.25, -0.2) is 4.98 Å². The minimum Gasteiger partial charge on any atom is -0.364 e. The molecule has 0 spiro atoms. The number of piperazine rings is 1. The summed E-state index contributed by atoms with van der Waals surface area (Å²) in [4.78, 5) is 20.1. The van der Waals surface area contributed by atoms with Gasteiger partial charge >= 0.3 is 0 Å². The maximum atomic E-state index is 11.1. The topological polar surface area (TPSA) is 74.5 Å². The van der Waals surface area contributed by atoms with Crippen molar-refractivity contribution in [3.63, 3.8) is 0 Å². The van der Waals surface area contributed by atoms with Crippen LogP contribution in [0.4, 0.5) is 5.82 Å². The van der Waals surface area contributed by atoms with Crippen molar-refractivity contribution in [2.45, 2.75) is 6.04 Å². The molecule has 3 heterocycles. The number of nitrogens with zero attached hydrogens (tertiary/aromatic N) is 3. The second-order valence-electron chi connectivity index (χ2n) is 5.09. The largest absolute Gasteiger partial charge is 0.364 e. The van der Waals surface area contributed by atoms with Crippen LogP contribution in [0.15, 0.2) is 18.2 Å². The van der Waals surface area contributed by atoms with Crippen LogP contribution in [-0.4, -0.2) is 61.1 Å². The van der Waals surface area contributed by atoms with Gasteiger partial charge in [0.05, 0.1) is 0 Å². The van der Waals surface area contributed by atoms with Crippen LogP contribution in [-0.2, 0) is 0 Å². The third-order valence-corrected chi connectivity index (χ3v) is 3.84. The van der Waals surface area contributed by atoms with Gasteiger partial charge in [0.2, 0.25) is 0 Å². The van der Waals surface area contributed by atoms with Gasteiger partial charge in [-0.2, -0.15) is 0 Å². The van der Waals surface area contributed by atoms with Crippen molar-refractivity contribution in [3.05, 3.63) is 23.9 Å². The van der Waals surface area contributed by atoms with E-state index in [1.165, 1.54) is 0 Å². The zero-order valence-corrected chi connectivity index (χ0v) is 10.9. The van der Waals surface area contributed by atoms with Crippen LogP contribution in [0.25, 0.3) is 0 Å². The molecule has 2 saturated heterocycles. The van der Waals surface area contributed by atoms with Gasteiger partial charge in [-0.05, 0) is 12.1 Å². The van der Waals surface area contributed by atoms with Crippen LogP contribution in [0.1, 0.15) is 10.5 Å². The van der Waals surface area contributed by atoms with E-state index in [1.807, 2.05) is 12.1 Å². The van der Waals surface area contributed by atoms with Crippen LogP contribution in [0.3, 0.4) is 0 Å². The molecule has 102 valence electrons. The molecule has 0 atom stereocenters. The number of primary amides is 1. The first-order valence-electron chi connectivity index (χ1n) is 6.70. The zero-order chi connectivity index (χ0) is 13.2. The van der Waals surface area contributed by atoms with E-state index < -0.39 is 5.91 Å². The number of nitrogens with two attached hydrogens (primary N) is 1. The van der Waals surface area contributed by atoms with Gasteiger partial charge in [-0.15, -0.1) is 0 Å². The van der Waals surface area contributed by atoms with Crippen molar-refractivity contribution in [3.8, 4) is 0 Å². The predicted molar refractivity (Wildman–Crippen MR) is 73.2 cm³/mol. The molecule has 0 radical (unpaired) electrons. The van der Waals surface area contributed by atoms with Gasteiger partial charge in [0, 0.05) is 45.3 Å². The molecule has 19 heavy (non-hydrogen) atoms. The Balaban J connectivity index is 1.60. The van der Waals surface area contributed by atoms with E-state index >= 15 is 0 Å². The van der Waals surface area contributed by atoms with Crippen molar-refractivity contribution in [1.29, 1.82) is 0 Å². The number of carbonyl (C=O) groups is 1. The van der Waals surface area contributed by atoms with Crippen molar-refractivity contribution >= 4 is 11.7 Å². The number of anilines is 1. The molecule has 2 aliphatic heterocycles. The van der Waals surface area contributed by atoms with Crippen molar-refractivity contribution < 1.29 is 4.79 Å². The molecule has 1 aromatic rings. The fourth-order valence-electron chi connectivity index (χ4n) is 2.66. The number of aromatic nitrogens is 1. The van der Waals surface area contributed by atoms with E-state index in [9.17, 15) is 4.79 Å². The van der Waals surface area contributed by atoms with E-state index in [1.54, 1.807) is 6.07 Å². The summed E-state index contributed by atoms with van der Waals surface area (Å²) in [5.41, 5.74) is 5.59. The molecule has 6 heteroatoms. The first kappa shape index (κ1) is 12.4. The number of pyridine rings is 1. The van der Waals surface area contributed by atoms with Crippen molar-refractivity contribution in [1.82, 2.24) is 15.2 Å². The number of hydrogen-bond donors (Lipinski definition) is 2. The highest BCUT2D eigenvalue weighted by molar-refractivity contribution is 5.91. The lowest BCUT2D eigenvalue weighted by atomic mass is 10.1. The lowest BCUT2D eigenvalue weighted by Crippen LogP contribution is -2.63. The molecule has 3 rings (SSSR count). The number of nitrogens with one attached hydrogen (secondary N) is 1. The Bertz CT molecular complexity index is 466. The molecule has 2 fully saturated rings. The summed E-state index contributed by atoms with van der Waals surface area (Å²) in [6.45, 7) is 6.35. The number of rotatable bonds is 3. The monoisotopic (exact) mass is 261 g/mol. The lowest BCUT2D eigenvalue weighted by molar-refractivity contribution is 0.0995. The fraction of sp³-hybridized carbons (Fsp3) is 0.538. The first-order chi connectivity index (χ1) is 9.24. The van der Waals surface area contributed by atoms with Crippen LogP contribution < -0.4 is 16.0 Å². The lowest BCUT2D eigenvalue weighted by Gasteiger charge is -2.47. The minimum atomic E-state index is -0.471. The highest BCUT2D eigenvalue weighted by Crippen LogP contribution is 2.22. The average molecular weight is 261 g/mol. The standard InChI is InChI=1S/C13H19N5O/c14-13(19)11-2-1-3-12(16-11)18-8-10(9-18)17-6-4-15-5-7-17/h1-3,10,15H,4-9H2,(H2,14,19). The third-order valence-electron chi connectivity index (χ3n) is 3.84. The van der Waals surface area contributed by atoms with E-state index in [4.69, 9.17) is 5.73 Å².